The van der Waals surface area contributed by atoms with Crippen LogP contribution in [0.1, 0.15) is 17.3 Å². The van der Waals surface area contributed by atoms with Crippen molar-refractivity contribution in [2.75, 3.05) is 0 Å². The molecule has 0 aromatic carbocycles. The first kappa shape index (κ1) is 14.7. The summed E-state index contributed by atoms with van der Waals surface area (Å²) in [6, 6.07) is 2.53. The van der Waals surface area contributed by atoms with E-state index in [1.807, 2.05) is 0 Å². The van der Waals surface area contributed by atoms with Crippen LogP contribution in [0, 0.1) is 0 Å². The van der Waals surface area contributed by atoms with Gasteiger partial charge in [-0.1, -0.05) is 0 Å². The van der Waals surface area contributed by atoms with Crippen molar-refractivity contribution in [3.63, 3.8) is 0 Å². The summed E-state index contributed by atoms with van der Waals surface area (Å²) < 4.78 is 28.3. The van der Waals surface area contributed by atoms with E-state index in [-0.39, 0.29) is 15.8 Å². The molecule has 0 bridgehead atoms. The molecule has 2 rings (SSSR count). The van der Waals surface area contributed by atoms with Crippen LogP contribution in [0.2, 0.25) is 0 Å². The molecule has 1 atom stereocenters. The number of aromatic nitrogens is 2. The summed E-state index contributed by atoms with van der Waals surface area (Å²) in [5.41, 5.74) is -0.0323. The lowest BCUT2D eigenvalue weighted by atomic mass is 10.4. The molecule has 0 saturated heterocycles. The van der Waals surface area contributed by atoms with E-state index in [0.29, 0.717) is 6.54 Å². The average molecular weight is 315 g/mol. The second kappa shape index (κ2) is 5.73. The third-order valence-corrected chi connectivity index (χ3v) is 5.49. The molecule has 7 nitrogen and oxygen atoms in total. The van der Waals surface area contributed by atoms with Gasteiger partial charge in [-0.15, -0.1) is 11.3 Å². The maximum Gasteiger partial charge on any atom is 0.336 e. The van der Waals surface area contributed by atoms with E-state index in [9.17, 15) is 13.2 Å². The SMILES string of the molecule is CC(Cn1cccn1)NS(=O)(=O)c1cc(C(=O)O)cs1. The summed E-state index contributed by atoms with van der Waals surface area (Å²) in [7, 11) is -3.71. The number of hydrogen-bond donors (Lipinski definition) is 2. The number of carbonyl (C=O) groups is 1. The zero-order valence-electron chi connectivity index (χ0n) is 10.6. The highest BCUT2D eigenvalue weighted by Gasteiger charge is 2.21. The lowest BCUT2D eigenvalue weighted by Crippen LogP contribution is -2.35. The number of sulfonamides is 1. The minimum atomic E-state index is -3.71. The Morgan fingerprint density at radius 3 is 2.90 bits per heavy atom. The van der Waals surface area contributed by atoms with Crippen LogP contribution in [0.3, 0.4) is 0 Å². The molecule has 0 fully saturated rings. The van der Waals surface area contributed by atoms with E-state index >= 15 is 0 Å². The number of rotatable bonds is 6. The summed E-state index contributed by atoms with van der Waals surface area (Å²) in [5, 5.41) is 14.1. The van der Waals surface area contributed by atoms with Crippen LogP contribution in [-0.2, 0) is 16.6 Å². The fourth-order valence-electron chi connectivity index (χ4n) is 1.62. The van der Waals surface area contributed by atoms with Crippen molar-refractivity contribution >= 4 is 27.3 Å². The van der Waals surface area contributed by atoms with Crippen LogP contribution in [0.4, 0.5) is 0 Å². The zero-order valence-corrected chi connectivity index (χ0v) is 12.2. The number of aromatic carboxylic acids is 1. The average Bonchev–Trinajstić information content (AvgIpc) is 2.97. The van der Waals surface area contributed by atoms with E-state index in [0.717, 1.165) is 17.4 Å². The van der Waals surface area contributed by atoms with Gasteiger partial charge in [-0.3, -0.25) is 4.68 Å². The van der Waals surface area contributed by atoms with Crippen LogP contribution in [0.15, 0.2) is 34.1 Å². The summed E-state index contributed by atoms with van der Waals surface area (Å²) in [4.78, 5) is 10.8. The van der Waals surface area contributed by atoms with Crippen LogP contribution in [0.25, 0.3) is 0 Å². The molecule has 1 unspecified atom stereocenters. The fourth-order valence-corrected chi connectivity index (χ4v) is 4.02. The van der Waals surface area contributed by atoms with Crippen molar-refractivity contribution in [3.05, 3.63) is 35.5 Å². The van der Waals surface area contributed by atoms with Gasteiger partial charge in [-0.2, -0.15) is 5.10 Å². The largest absolute Gasteiger partial charge is 0.478 e. The number of hydrogen-bond acceptors (Lipinski definition) is 5. The van der Waals surface area contributed by atoms with E-state index in [1.54, 1.807) is 30.1 Å². The summed E-state index contributed by atoms with van der Waals surface area (Å²) in [5.74, 6) is -1.15. The fraction of sp³-hybridized carbons (Fsp3) is 0.273. The van der Waals surface area contributed by atoms with Crippen molar-refractivity contribution in [2.45, 2.75) is 23.7 Å². The molecule has 20 heavy (non-hydrogen) atoms. The maximum atomic E-state index is 12.1. The number of thiophene rings is 1. The Kier molecular flexibility index (Phi) is 4.21. The molecule has 0 aliphatic heterocycles. The Balaban J connectivity index is 2.08. The topological polar surface area (TPSA) is 101 Å². The molecule has 2 aromatic heterocycles. The molecule has 108 valence electrons. The Labute approximate surface area is 119 Å². The third kappa shape index (κ3) is 3.44. The number of carboxylic acid groups (broad SMARTS) is 1. The highest BCUT2D eigenvalue weighted by atomic mass is 32.2. The van der Waals surface area contributed by atoms with Crippen molar-refractivity contribution in [3.8, 4) is 0 Å². The molecule has 0 saturated carbocycles. The first-order valence-corrected chi connectivity index (χ1v) is 8.06. The van der Waals surface area contributed by atoms with Crippen LogP contribution in [-0.4, -0.2) is 35.3 Å². The van der Waals surface area contributed by atoms with Gasteiger partial charge in [-0.25, -0.2) is 17.9 Å². The van der Waals surface area contributed by atoms with Crippen molar-refractivity contribution < 1.29 is 18.3 Å². The second-order valence-corrected chi connectivity index (χ2v) is 7.06. The molecule has 0 aliphatic rings. The molecular formula is C11H13N3O4S2. The quantitative estimate of drug-likeness (QED) is 0.828. The lowest BCUT2D eigenvalue weighted by molar-refractivity contribution is 0.0697. The van der Waals surface area contributed by atoms with E-state index < -0.39 is 16.0 Å². The van der Waals surface area contributed by atoms with Gasteiger partial charge in [0.15, 0.2) is 0 Å². The molecule has 2 N–H and O–H groups in total. The normalized spacial score (nSPS) is 13.2. The standard InChI is InChI=1S/C11H13N3O4S2/c1-8(6-14-4-2-3-12-14)13-20(17,18)10-5-9(7-19-10)11(15)16/h2-5,7-8,13H,6H2,1H3,(H,15,16). The maximum absolute atomic E-state index is 12.1. The minimum Gasteiger partial charge on any atom is -0.478 e. The Bertz CT molecular complexity index is 691. The van der Waals surface area contributed by atoms with Gasteiger partial charge >= 0.3 is 5.97 Å². The van der Waals surface area contributed by atoms with E-state index in [4.69, 9.17) is 5.11 Å². The summed E-state index contributed by atoms with van der Waals surface area (Å²) in [6.07, 6.45) is 3.35. The summed E-state index contributed by atoms with van der Waals surface area (Å²) >= 11 is 0.881. The van der Waals surface area contributed by atoms with Gasteiger partial charge in [-0.05, 0) is 19.1 Å². The monoisotopic (exact) mass is 315 g/mol. The Hall–Kier alpha value is -1.71. The summed E-state index contributed by atoms with van der Waals surface area (Å²) in [6.45, 7) is 2.11. The molecule has 9 heteroatoms. The predicted octanol–water partition coefficient (Wildman–Crippen LogP) is 1.01. The van der Waals surface area contributed by atoms with Gasteiger partial charge < -0.3 is 5.11 Å². The first-order chi connectivity index (χ1) is 9.38. The first-order valence-electron chi connectivity index (χ1n) is 5.70. The smallest absolute Gasteiger partial charge is 0.336 e. The number of nitrogens with one attached hydrogen (secondary N) is 1. The molecule has 0 radical (unpaired) electrons. The molecule has 2 aromatic rings. The molecular weight excluding hydrogens is 302 g/mol. The van der Waals surface area contributed by atoms with Crippen LogP contribution < -0.4 is 4.72 Å². The third-order valence-electron chi connectivity index (χ3n) is 2.46. The number of nitrogens with zero attached hydrogens (tertiary/aromatic N) is 2. The van der Waals surface area contributed by atoms with Gasteiger partial charge in [0.05, 0.1) is 12.1 Å². The highest BCUT2D eigenvalue weighted by molar-refractivity contribution is 7.91. The van der Waals surface area contributed by atoms with Crippen LogP contribution >= 0.6 is 11.3 Å². The Morgan fingerprint density at radius 2 is 2.35 bits per heavy atom. The van der Waals surface area contributed by atoms with Crippen molar-refractivity contribution in [1.82, 2.24) is 14.5 Å². The van der Waals surface area contributed by atoms with Gasteiger partial charge in [0.2, 0.25) is 10.0 Å². The molecule has 0 aliphatic carbocycles. The van der Waals surface area contributed by atoms with Crippen LogP contribution in [0.5, 0.6) is 0 Å². The highest BCUT2D eigenvalue weighted by Crippen LogP contribution is 2.20. The predicted molar refractivity (Wildman–Crippen MR) is 73.3 cm³/mol. The van der Waals surface area contributed by atoms with Gasteiger partial charge in [0.25, 0.3) is 0 Å². The minimum absolute atomic E-state index is 0.0118. The number of carboxylic acids is 1. The second-order valence-electron chi connectivity index (χ2n) is 4.21. The molecule has 0 spiro atoms. The molecule has 0 amide bonds. The van der Waals surface area contributed by atoms with Crippen molar-refractivity contribution in [1.29, 1.82) is 0 Å². The Morgan fingerprint density at radius 1 is 1.60 bits per heavy atom. The van der Waals surface area contributed by atoms with Crippen molar-refractivity contribution in [2.24, 2.45) is 0 Å². The van der Waals surface area contributed by atoms with E-state index in [1.165, 1.54) is 5.38 Å². The van der Waals surface area contributed by atoms with Gasteiger partial charge in [0.1, 0.15) is 4.21 Å². The van der Waals surface area contributed by atoms with Gasteiger partial charge in [0, 0.05) is 23.8 Å². The zero-order chi connectivity index (χ0) is 14.8. The van der Waals surface area contributed by atoms with E-state index in [2.05, 4.69) is 9.82 Å². The molecule has 2 heterocycles. The lowest BCUT2D eigenvalue weighted by Gasteiger charge is -2.13.